The van der Waals surface area contributed by atoms with Gasteiger partial charge in [0, 0.05) is 26.2 Å². The van der Waals surface area contributed by atoms with Crippen LogP contribution in [0.1, 0.15) is 44.9 Å². The van der Waals surface area contributed by atoms with E-state index in [1.807, 2.05) is 4.90 Å². The molecule has 3 aliphatic rings. The monoisotopic (exact) mass is 266 g/mol. The zero-order valence-corrected chi connectivity index (χ0v) is 11.9. The van der Waals surface area contributed by atoms with Crippen molar-refractivity contribution in [2.45, 2.75) is 63.1 Å². The van der Waals surface area contributed by atoms with Gasteiger partial charge in [0.1, 0.15) is 0 Å². The Bertz CT molecular complexity index is 320. The minimum Gasteiger partial charge on any atom is -0.380 e. The summed E-state index contributed by atoms with van der Waals surface area (Å²) in [4.78, 5) is 14.6. The highest BCUT2D eigenvalue weighted by atomic mass is 16.5. The third-order valence-corrected chi connectivity index (χ3v) is 5.18. The van der Waals surface area contributed by atoms with Gasteiger partial charge in [-0.3, -0.25) is 4.79 Å². The van der Waals surface area contributed by atoms with Crippen LogP contribution in [0.5, 0.6) is 0 Å². The number of rotatable bonds is 2. The lowest BCUT2D eigenvalue weighted by atomic mass is 9.85. The van der Waals surface area contributed by atoms with Gasteiger partial charge in [0.05, 0.1) is 12.1 Å². The van der Waals surface area contributed by atoms with E-state index in [4.69, 9.17) is 4.74 Å². The molecule has 1 amide bonds. The normalized spacial score (nSPS) is 39.1. The Balaban J connectivity index is 1.58. The average molecular weight is 266 g/mol. The molecular formula is C15H26N2O2. The van der Waals surface area contributed by atoms with E-state index < -0.39 is 0 Å². The Hall–Kier alpha value is -0.610. The Kier molecular flexibility index (Phi) is 4.08. The Morgan fingerprint density at radius 3 is 2.84 bits per heavy atom. The minimum atomic E-state index is 0.0729. The maximum Gasteiger partial charge on any atom is 0.239 e. The predicted octanol–water partition coefficient (Wildman–Crippen LogP) is 1.54. The predicted molar refractivity (Wildman–Crippen MR) is 73.9 cm³/mol. The van der Waals surface area contributed by atoms with E-state index in [0.29, 0.717) is 11.9 Å². The van der Waals surface area contributed by atoms with E-state index in [-0.39, 0.29) is 12.1 Å². The first-order valence-electron chi connectivity index (χ1n) is 7.85. The van der Waals surface area contributed by atoms with E-state index in [2.05, 4.69) is 5.32 Å². The van der Waals surface area contributed by atoms with Gasteiger partial charge in [-0.2, -0.15) is 0 Å². The lowest BCUT2D eigenvalue weighted by Gasteiger charge is -2.33. The first-order chi connectivity index (χ1) is 9.28. The number of carbonyl (C=O) groups excluding carboxylic acids is 1. The van der Waals surface area contributed by atoms with Crippen LogP contribution in [0.2, 0.25) is 0 Å². The fourth-order valence-corrected chi connectivity index (χ4v) is 4.06. The molecule has 0 aromatic carbocycles. The molecule has 3 fully saturated rings. The van der Waals surface area contributed by atoms with Crippen molar-refractivity contribution >= 4 is 5.91 Å². The van der Waals surface area contributed by atoms with Crippen molar-refractivity contribution < 1.29 is 9.53 Å². The number of amides is 1. The van der Waals surface area contributed by atoms with Crippen molar-refractivity contribution in [1.29, 1.82) is 0 Å². The summed E-state index contributed by atoms with van der Waals surface area (Å²) in [7, 11) is 1.75. The molecule has 2 saturated heterocycles. The molecule has 0 bridgehead atoms. The van der Waals surface area contributed by atoms with Crippen LogP contribution in [-0.4, -0.2) is 49.2 Å². The smallest absolute Gasteiger partial charge is 0.239 e. The number of hydrogen-bond donors (Lipinski definition) is 1. The van der Waals surface area contributed by atoms with E-state index in [9.17, 15) is 4.79 Å². The van der Waals surface area contributed by atoms with Crippen molar-refractivity contribution in [3.8, 4) is 0 Å². The number of fused-ring (bicyclic) bond motifs is 1. The van der Waals surface area contributed by atoms with Crippen LogP contribution in [0.15, 0.2) is 0 Å². The summed E-state index contributed by atoms with van der Waals surface area (Å²) >= 11 is 0. The molecule has 0 aromatic rings. The van der Waals surface area contributed by atoms with Crippen LogP contribution in [0.25, 0.3) is 0 Å². The van der Waals surface area contributed by atoms with E-state index in [0.717, 1.165) is 38.3 Å². The molecule has 2 aliphatic heterocycles. The highest BCUT2D eigenvalue weighted by Crippen LogP contribution is 2.33. The first kappa shape index (κ1) is 13.4. The number of likely N-dealkylation sites (tertiary alicyclic amines) is 1. The lowest BCUT2D eigenvalue weighted by Crippen LogP contribution is -2.50. The van der Waals surface area contributed by atoms with Crippen LogP contribution in [-0.2, 0) is 9.53 Å². The average Bonchev–Trinajstić information content (AvgIpc) is 2.90. The Morgan fingerprint density at radius 1 is 1.21 bits per heavy atom. The zero-order valence-electron chi connectivity index (χ0n) is 11.9. The second-order valence-corrected chi connectivity index (χ2v) is 6.39. The fraction of sp³-hybridized carbons (Fsp3) is 0.933. The van der Waals surface area contributed by atoms with Gasteiger partial charge in [-0.1, -0.05) is 12.8 Å². The molecule has 0 spiro atoms. The highest BCUT2D eigenvalue weighted by Gasteiger charge is 2.40. The number of carbonyl (C=O) groups is 1. The van der Waals surface area contributed by atoms with Crippen molar-refractivity contribution in [2.75, 3.05) is 20.2 Å². The van der Waals surface area contributed by atoms with Gasteiger partial charge in [-0.25, -0.2) is 0 Å². The van der Waals surface area contributed by atoms with Crippen LogP contribution < -0.4 is 5.32 Å². The topological polar surface area (TPSA) is 41.6 Å². The molecule has 1 N–H and O–H groups in total. The number of nitrogens with zero attached hydrogens (tertiary/aromatic N) is 1. The van der Waals surface area contributed by atoms with Gasteiger partial charge in [0.25, 0.3) is 0 Å². The summed E-state index contributed by atoms with van der Waals surface area (Å²) in [5.74, 6) is 1.06. The quantitative estimate of drug-likeness (QED) is 0.824. The van der Waals surface area contributed by atoms with Crippen LogP contribution >= 0.6 is 0 Å². The molecule has 3 rings (SSSR count). The maximum atomic E-state index is 12.6. The Morgan fingerprint density at radius 2 is 2.05 bits per heavy atom. The summed E-state index contributed by atoms with van der Waals surface area (Å²) in [6.45, 7) is 1.69. The van der Waals surface area contributed by atoms with Gasteiger partial charge in [0.2, 0.25) is 5.91 Å². The fourth-order valence-electron chi connectivity index (χ4n) is 4.06. The molecular weight excluding hydrogens is 240 g/mol. The second kappa shape index (κ2) is 5.80. The number of nitrogens with one attached hydrogen (secondary N) is 1. The van der Waals surface area contributed by atoms with E-state index >= 15 is 0 Å². The number of piperidine rings is 1. The van der Waals surface area contributed by atoms with Crippen LogP contribution in [0.4, 0.5) is 0 Å². The Labute approximate surface area is 115 Å². The molecule has 4 atom stereocenters. The third kappa shape index (κ3) is 2.79. The molecule has 4 nitrogen and oxygen atoms in total. The van der Waals surface area contributed by atoms with Gasteiger partial charge < -0.3 is 15.0 Å². The third-order valence-electron chi connectivity index (χ3n) is 5.18. The largest absolute Gasteiger partial charge is 0.380 e. The summed E-state index contributed by atoms with van der Waals surface area (Å²) in [5, 5.41) is 3.59. The SMILES string of the molecule is COC1CCCN(C(=O)C2CC3CCCCC3N2)C1. The summed E-state index contributed by atoms with van der Waals surface area (Å²) in [5.41, 5.74) is 0. The molecule has 1 aliphatic carbocycles. The maximum absolute atomic E-state index is 12.6. The summed E-state index contributed by atoms with van der Waals surface area (Å²) < 4.78 is 5.41. The molecule has 19 heavy (non-hydrogen) atoms. The molecule has 108 valence electrons. The van der Waals surface area contributed by atoms with Gasteiger partial charge in [0.15, 0.2) is 0 Å². The van der Waals surface area contributed by atoms with Gasteiger partial charge in [-0.05, 0) is 38.0 Å². The van der Waals surface area contributed by atoms with E-state index in [1.165, 1.54) is 25.7 Å². The van der Waals surface area contributed by atoms with Crippen molar-refractivity contribution in [2.24, 2.45) is 5.92 Å². The lowest BCUT2D eigenvalue weighted by molar-refractivity contribution is -0.136. The first-order valence-corrected chi connectivity index (χ1v) is 7.85. The molecule has 0 aromatic heterocycles. The number of ether oxygens (including phenoxy) is 1. The molecule has 4 unspecified atom stereocenters. The molecule has 4 heteroatoms. The van der Waals surface area contributed by atoms with Crippen LogP contribution in [0.3, 0.4) is 0 Å². The summed E-state index contributed by atoms with van der Waals surface area (Å²) in [6.07, 6.45) is 8.69. The standard InChI is InChI=1S/C15H26N2O2/c1-19-12-6-4-8-17(10-12)15(18)14-9-11-5-2-3-7-13(11)16-14/h11-14,16H,2-10H2,1H3. The minimum absolute atomic E-state index is 0.0729. The molecule has 2 heterocycles. The highest BCUT2D eigenvalue weighted by molar-refractivity contribution is 5.82. The van der Waals surface area contributed by atoms with Crippen molar-refractivity contribution in [3.05, 3.63) is 0 Å². The van der Waals surface area contributed by atoms with Crippen molar-refractivity contribution in [3.63, 3.8) is 0 Å². The van der Waals surface area contributed by atoms with Crippen LogP contribution in [0, 0.1) is 5.92 Å². The molecule has 0 radical (unpaired) electrons. The van der Waals surface area contributed by atoms with E-state index in [1.54, 1.807) is 7.11 Å². The van der Waals surface area contributed by atoms with Gasteiger partial charge in [-0.15, -0.1) is 0 Å². The number of methoxy groups -OCH3 is 1. The zero-order chi connectivity index (χ0) is 13.2. The number of hydrogen-bond acceptors (Lipinski definition) is 3. The van der Waals surface area contributed by atoms with Gasteiger partial charge >= 0.3 is 0 Å². The second-order valence-electron chi connectivity index (χ2n) is 6.39. The summed E-state index contributed by atoms with van der Waals surface area (Å²) in [6, 6.07) is 0.675. The molecule has 1 saturated carbocycles. The van der Waals surface area contributed by atoms with Crippen molar-refractivity contribution in [1.82, 2.24) is 10.2 Å².